The Morgan fingerprint density at radius 2 is 1.66 bits per heavy atom. The lowest BCUT2D eigenvalue weighted by Crippen LogP contribution is -2.48. The van der Waals surface area contributed by atoms with E-state index in [9.17, 15) is 22.8 Å². The first-order chi connectivity index (χ1) is 14.3. The first-order valence-electron chi connectivity index (χ1n) is 10.9. The normalized spacial score (nSPS) is 24.0. The molecule has 1 rings (SSSR count). The number of methoxy groups -OCH3 is 1. The van der Waals surface area contributed by atoms with Crippen LogP contribution in [0.1, 0.15) is 60.8 Å². The van der Waals surface area contributed by atoms with Crippen molar-refractivity contribution >= 4 is 20.1 Å². The van der Waals surface area contributed by atoms with Gasteiger partial charge in [-0.2, -0.15) is 13.2 Å². The highest BCUT2D eigenvalue weighted by Crippen LogP contribution is 2.41. The molecule has 0 spiro atoms. The van der Waals surface area contributed by atoms with E-state index in [2.05, 4.69) is 0 Å². The molecular weight excluding hydrogens is 445 g/mol. The van der Waals surface area contributed by atoms with Gasteiger partial charge in [0.15, 0.2) is 14.1 Å². The SMILES string of the molecule is COC1C(=O)C(CCOC(=O)C(C)(C)C)OC1CCC(O[Si](C)(C)C(C)(C)C)C(F)(F)F. The van der Waals surface area contributed by atoms with Gasteiger partial charge in [0.1, 0.15) is 18.3 Å². The number of rotatable bonds is 9. The number of carbonyl (C=O) groups is 2. The van der Waals surface area contributed by atoms with Gasteiger partial charge in [0.05, 0.1) is 18.1 Å². The number of carbonyl (C=O) groups excluding carboxylic acids is 2. The molecule has 0 N–H and O–H groups in total. The fourth-order valence-corrected chi connectivity index (χ4v) is 4.34. The van der Waals surface area contributed by atoms with Gasteiger partial charge in [-0.3, -0.25) is 9.59 Å². The predicted molar refractivity (Wildman–Crippen MR) is 117 cm³/mol. The van der Waals surface area contributed by atoms with Gasteiger partial charge < -0.3 is 18.6 Å². The molecule has 0 bridgehead atoms. The number of ketones is 1. The van der Waals surface area contributed by atoms with E-state index in [1.165, 1.54) is 7.11 Å². The van der Waals surface area contributed by atoms with Crippen LogP contribution in [0.3, 0.4) is 0 Å². The molecule has 1 heterocycles. The number of esters is 1. The van der Waals surface area contributed by atoms with E-state index in [4.69, 9.17) is 18.6 Å². The summed E-state index contributed by atoms with van der Waals surface area (Å²) >= 11 is 0. The third kappa shape index (κ3) is 7.81. The minimum absolute atomic E-state index is 0.0185. The van der Waals surface area contributed by atoms with Crippen LogP contribution < -0.4 is 0 Å². The predicted octanol–water partition coefficient (Wildman–Crippen LogP) is 5.05. The van der Waals surface area contributed by atoms with Gasteiger partial charge in [0, 0.05) is 13.5 Å². The molecule has 32 heavy (non-hydrogen) atoms. The van der Waals surface area contributed by atoms with Crippen molar-refractivity contribution in [3.05, 3.63) is 0 Å². The van der Waals surface area contributed by atoms with E-state index in [0.29, 0.717) is 0 Å². The van der Waals surface area contributed by atoms with Crippen LogP contribution in [-0.2, 0) is 28.2 Å². The molecule has 0 aliphatic carbocycles. The van der Waals surface area contributed by atoms with Crippen molar-refractivity contribution in [1.29, 1.82) is 0 Å². The molecule has 0 saturated carbocycles. The molecule has 0 aromatic rings. The number of alkyl halides is 3. The van der Waals surface area contributed by atoms with Crippen LogP contribution in [0.4, 0.5) is 13.2 Å². The van der Waals surface area contributed by atoms with Crippen molar-refractivity contribution in [3.8, 4) is 0 Å². The monoisotopic (exact) mass is 484 g/mol. The Morgan fingerprint density at radius 1 is 1.09 bits per heavy atom. The number of ether oxygens (including phenoxy) is 3. The van der Waals surface area contributed by atoms with Gasteiger partial charge in [-0.25, -0.2) is 0 Å². The van der Waals surface area contributed by atoms with Crippen molar-refractivity contribution in [2.75, 3.05) is 13.7 Å². The maximum Gasteiger partial charge on any atom is 0.413 e. The van der Waals surface area contributed by atoms with E-state index in [-0.39, 0.29) is 36.7 Å². The van der Waals surface area contributed by atoms with E-state index in [1.54, 1.807) is 33.9 Å². The van der Waals surface area contributed by atoms with Crippen molar-refractivity contribution < 1.29 is 41.4 Å². The number of hydrogen-bond donors (Lipinski definition) is 0. The van der Waals surface area contributed by atoms with E-state index >= 15 is 0 Å². The first kappa shape index (κ1) is 29.1. The summed E-state index contributed by atoms with van der Waals surface area (Å²) in [6.45, 7) is 14.3. The lowest BCUT2D eigenvalue weighted by Gasteiger charge is -2.40. The fourth-order valence-electron chi connectivity index (χ4n) is 3.03. The quantitative estimate of drug-likeness (QED) is 0.337. The zero-order valence-electron chi connectivity index (χ0n) is 20.7. The molecule has 0 radical (unpaired) electrons. The van der Waals surface area contributed by atoms with Crippen LogP contribution in [-0.4, -0.2) is 64.4 Å². The number of Topliss-reactive ketones (excluding diaryl/α,β-unsaturated/α-hetero) is 1. The van der Waals surface area contributed by atoms with Crippen molar-refractivity contribution in [2.24, 2.45) is 5.41 Å². The summed E-state index contributed by atoms with van der Waals surface area (Å²) in [7, 11) is -1.33. The summed E-state index contributed by atoms with van der Waals surface area (Å²) in [5.74, 6) is -0.753. The van der Waals surface area contributed by atoms with E-state index in [0.717, 1.165) is 0 Å². The molecule has 4 unspecified atom stereocenters. The van der Waals surface area contributed by atoms with Crippen LogP contribution in [0, 0.1) is 5.41 Å². The zero-order chi connectivity index (χ0) is 25.1. The Hall–Kier alpha value is -0.973. The standard InChI is InChI=1S/C22H39F3O6Si/c1-20(2,3)19(27)29-13-12-14-17(26)18(28-7)15(30-14)10-11-16(22(23,24)25)31-32(8,9)21(4,5)6/h14-16,18H,10-13H2,1-9H3. The van der Waals surface area contributed by atoms with Crippen molar-refractivity contribution in [1.82, 2.24) is 0 Å². The summed E-state index contributed by atoms with van der Waals surface area (Å²) in [5.41, 5.74) is -0.672. The summed E-state index contributed by atoms with van der Waals surface area (Å²) in [5, 5.41) is -0.374. The average Bonchev–Trinajstić information content (AvgIpc) is 2.90. The Morgan fingerprint density at radius 3 is 2.09 bits per heavy atom. The van der Waals surface area contributed by atoms with E-state index in [1.807, 2.05) is 20.8 Å². The fraction of sp³-hybridized carbons (Fsp3) is 0.909. The molecule has 0 amide bonds. The second-order valence-electron chi connectivity index (χ2n) is 10.9. The minimum atomic E-state index is -4.53. The van der Waals surface area contributed by atoms with Crippen LogP contribution in [0.25, 0.3) is 0 Å². The van der Waals surface area contributed by atoms with Gasteiger partial charge in [-0.05, 0) is 51.7 Å². The molecule has 1 fully saturated rings. The zero-order valence-corrected chi connectivity index (χ0v) is 21.7. The maximum atomic E-state index is 13.7. The van der Waals surface area contributed by atoms with Gasteiger partial charge >= 0.3 is 12.1 Å². The molecule has 4 atom stereocenters. The van der Waals surface area contributed by atoms with Crippen molar-refractivity contribution in [2.45, 2.75) is 110 Å². The highest BCUT2D eigenvalue weighted by Gasteiger charge is 2.49. The molecule has 1 saturated heterocycles. The average molecular weight is 485 g/mol. The summed E-state index contributed by atoms with van der Waals surface area (Å²) in [4.78, 5) is 24.5. The largest absolute Gasteiger partial charge is 0.465 e. The molecule has 188 valence electrons. The van der Waals surface area contributed by atoms with Gasteiger partial charge in [0.2, 0.25) is 0 Å². The minimum Gasteiger partial charge on any atom is -0.465 e. The van der Waals surface area contributed by atoms with Crippen LogP contribution in [0.5, 0.6) is 0 Å². The lowest BCUT2D eigenvalue weighted by atomic mass is 9.97. The number of halogens is 3. The first-order valence-corrected chi connectivity index (χ1v) is 13.9. The summed E-state index contributed by atoms with van der Waals surface area (Å²) in [6.07, 6.45) is -9.37. The molecule has 6 nitrogen and oxygen atoms in total. The number of hydrogen-bond acceptors (Lipinski definition) is 6. The Kier molecular flexibility index (Phi) is 9.56. The van der Waals surface area contributed by atoms with Gasteiger partial charge in [0.25, 0.3) is 0 Å². The van der Waals surface area contributed by atoms with Crippen molar-refractivity contribution in [3.63, 3.8) is 0 Å². The second-order valence-corrected chi connectivity index (χ2v) is 15.6. The molecular formula is C22H39F3O6Si. The smallest absolute Gasteiger partial charge is 0.413 e. The maximum absolute atomic E-state index is 13.7. The summed E-state index contributed by atoms with van der Waals surface area (Å²) in [6, 6.07) is 0. The van der Waals surface area contributed by atoms with Crippen LogP contribution >= 0.6 is 0 Å². The third-order valence-electron chi connectivity index (χ3n) is 6.08. The van der Waals surface area contributed by atoms with E-state index < -0.39 is 50.3 Å². The topological polar surface area (TPSA) is 71.1 Å². The molecule has 10 heteroatoms. The van der Waals surface area contributed by atoms with Crippen LogP contribution in [0.15, 0.2) is 0 Å². The Labute approximate surface area is 190 Å². The van der Waals surface area contributed by atoms with Gasteiger partial charge in [-0.1, -0.05) is 20.8 Å². The lowest BCUT2D eigenvalue weighted by molar-refractivity contribution is -0.202. The third-order valence-corrected chi connectivity index (χ3v) is 10.6. The highest BCUT2D eigenvalue weighted by molar-refractivity contribution is 6.74. The van der Waals surface area contributed by atoms with Gasteiger partial charge in [-0.15, -0.1) is 0 Å². The molecule has 1 aliphatic heterocycles. The highest BCUT2D eigenvalue weighted by atomic mass is 28.4. The Bertz CT molecular complexity index is 652. The molecule has 1 aliphatic rings. The molecule has 0 aromatic heterocycles. The molecule has 0 aromatic carbocycles. The second kappa shape index (κ2) is 10.5. The Balaban J connectivity index is 2.78. The van der Waals surface area contributed by atoms with Crippen LogP contribution in [0.2, 0.25) is 18.1 Å². The summed E-state index contributed by atoms with van der Waals surface area (Å²) < 4.78 is 62.9.